The molecule has 0 aromatic heterocycles. The van der Waals surface area contributed by atoms with Crippen molar-refractivity contribution in [2.24, 2.45) is 11.8 Å². The Morgan fingerprint density at radius 1 is 1.13 bits per heavy atom. The van der Waals surface area contributed by atoms with E-state index >= 15 is 4.39 Å². The van der Waals surface area contributed by atoms with Crippen LogP contribution in [-0.4, -0.2) is 70.0 Å². The fourth-order valence-electron chi connectivity index (χ4n) is 5.85. The van der Waals surface area contributed by atoms with Crippen LogP contribution in [0.5, 0.6) is 0 Å². The molecule has 38 heavy (non-hydrogen) atoms. The van der Waals surface area contributed by atoms with E-state index in [0.29, 0.717) is 37.5 Å². The number of urea groups is 1. The summed E-state index contributed by atoms with van der Waals surface area (Å²) in [4.78, 5) is 26.5. The highest BCUT2D eigenvalue weighted by molar-refractivity contribution is 5.74. The highest BCUT2D eigenvalue weighted by Gasteiger charge is 2.35. The molecular formula is C28H44F2N4O4. The van der Waals surface area contributed by atoms with Crippen molar-refractivity contribution in [1.29, 1.82) is 0 Å². The monoisotopic (exact) mass is 538 g/mol. The molecule has 3 rings (SSSR count). The number of nitrogens with one attached hydrogen (secondary N) is 3. The third kappa shape index (κ3) is 8.53. The average molecular weight is 539 g/mol. The van der Waals surface area contributed by atoms with Crippen LogP contribution >= 0.6 is 0 Å². The van der Waals surface area contributed by atoms with Gasteiger partial charge >= 0.3 is 12.1 Å². The van der Waals surface area contributed by atoms with E-state index in [1.54, 1.807) is 11.8 Å². The number of rotatable bonds is 11. The van der Waals surface area contributed by atoms with E-state index in [0.717, 1.165) is 18.9 Å². The van der Waals surface area contributed by atoms with Crippen LogP contribution < -0.4 is 16.0 Å². The van der Waals surface area contributed by atoms with Gasteiger partial charge in [-0.05, 0) is 50.8 Å². The molecular weight excluding hydrogens is 494 g/mol. The number of piperidine rings is 1. The van der Waals surface area contributed by atoms with Crippen molar-refractivity contribution in [3.63, 3.8) is 0 Å². The van der Waals surface area contributed by atoms with Crippen LogP contribution in [0.1, 0.15) is 68.6 Å². The van der Waals surface area contributed by atoms with E-state index in [1.165, 1.54) is 45.3 Å². The summed E-state index contributed by atoms with van der Waals surface area (Å²) in [5.41, 5.74) is 0.749. The third-order valence-electron chi connectivity index (χ3n) is 7.78. The number of carbonyl (C=O) groups excluding carboxylic acids is 2. The molecule has 1 aromatic carbocycles. The standard InChI is InChI=1S/C28H44F2N4O4/c1-19-11-12-23(29)25(30)24(19)26(38-15-13-32-28(36)37-3)21-10-7-14-34(18-21)27(35)33-22(17-31-2)16-20-8-5-4-6-9-20/h11-12,20-22,26,31H,4-10,13-18H2,1-3H3,(H,32,36)(H,33,35)/t21-,22-,26+/m0/s1. The van der Waals surface area contributed by atoms with Crippen LogP contribution in [0.15, 0.2) is 12.1 Å². The topological polar surface area (TPSA) is 91.9 Å². The SMILES string of the molecule is CNC[C@H](CC1CCCCC1)NC(=O)N1CCC[C@H]([C@@H](OCCNC(=O)OC)c2c(C)ccc(F)c2F)C1. The van der Waals surface area contributed by atoms with Gasteiger partial charge in [0.25, 0.3) is 0 Å². The molecule has 3 amide bonds. The largest absolute Gasteiger partial charge is 0.453 e. The molecule has 1 heterocycles. The van der Waals surface area contributed by atoms with E-state index < -0.39 is 23.8 Å². The Hall–Kier alpha value is -2.46. The highest BCUT2D eigenvalue weighted by Crippen LogP contribution is 2.36. The zero-order valence-electron chi connectivity index (χ0n) is 23.0. The summed E-state index contributed by atoms with van der Waals surface area (Å²) in [5.74, 6) is -1.47. The van der Waals surface area contributed by atoms with Crippen molar-refractivity contribution >= 4 is 12.1 Å². The summed E-state index contributed by atoms with van der Waals surface area (Å²) in [5, 5.41) is 8.97. The minimum absolute atomic E-state index is 0.0373. The summed E-state index contributed by atoms with van der Waals surface area (Å²) >= 11 is 0. The zero-order valence-corrected chi connectivity index (χ0v) is 23.0. The number of nitrogens with zero attached hydrogens (tertiary/aromatic N) is 1. The Labute approximate surface area is 225 Å². The molecule has 1 aliphatic heterocycles. The Morgan fingerprint density at radius 2 is 1.89 bits per heavy atom. The lowest BCUT2D eigenvalue weighted by molar-refractivity contribution is -0.0113. The van der Waals surface area contributed by atoms with E-state index in [9.17, 15) is 14.0 Å². The molecule has 0 spiro atoms. The van der Waals surface area contributed by atoms with Crippen molar-refractivity contribution < 1.29 is 27.8 Å². The molecule has 8 nitrogen and oxygen atoms in total. The smallest absolute Gasteiger partial charge is 0.406 e. The first kappa shape index (κ1) is 30.1. The number of likely N-dealkylation sites (N-methyl/N-ethyl adjacent to an activating group) is 1. The van der Waals surface area contributed by atoms with Gasteiger partial charge < -0.3 is 30.3 Å². The molecule has 0 radical (unpaired) electrons. The number of methoxy groups -OCH3 is 1. The van der Waals surface area contributed by atoms with E-state index in [2.05, 4.69) is 20.7 Å². The first-order valence-corrected chi connectivity index (χ1v) is 13.9. The second kappa shape index (κ2) is 15.2. The van der Waals surface area contributed by atoms with Crippen molar-refractivity contribution in [3.8, 4) is 0 Å². The molecule has 1 saturated heterocycles. The minimum atomic E-state index is -0.935. The van der Waals surface area contributed by atoms with Gasteiger partial charge in [-0.2, -0.15) is 0 Å². The van der Waals surface area contributed by atoms with Crippen molar-refractivity contribution in [1.82, 2.24) is 20.9 Å². The van der Waals surface area contributed by atoms with Crippen LogP contribution in [0.25, 0.3) is 0 Å². The molecule has 2 aliphatic rings. The zero-order chi connectivity index (χ0) is 27.5. The maximum atomic E-state index is 15.1. The van der Waals surface area contributed by atoms with Crippen LogP contribution in [0, 0.1) is 30.4 Å². The molecule has 10 heteroatoms. The van der Waals surface area contributed by atoms with Crippen molar-refractivity contribution in [2.75, 3.05) is 46.9 Å². The lowest BCUT2D eigenvalue weighted by atomic mass is 9.84. The minimum Gasteiger partial charge on any atom is -0.453 e. The van der Waals surface area contributed by atoms with Crippen LogP contribution in [0.2, 0.25) is 0 Å². The molecule has 1 saturated carbocycles. The molecule has 214 valence electrons. The lowest BCUT2D eigenvalue weighted by Crippen LogP contribution is -2.52. The van der Waals surface area contributed by atoms with E-state index in [-0.39, 0.29) is 36.7 Å². The normalized spacial score (nSPS) is 20.0. The van der Waals surface area contributed by atoms with E-state index in [1.807, 2.05) is 7.05 Å². The molecule has 1 aliphatic carbocycles. The number of halogens is 2. The number of carbonyl (C=O) groups is 2. The van der Waals surface area contributed by atoms with Crippen molar-refractivity contribution in [2.45, 2.75) is 70.4 Å². The maximum absolute atomic E-state index is 15.1. The van der Waals surface area contributed by atoms with Gasteiger partial charge in [-0.25, -0.2) is 18.4 Å². The molecule has 2 fully saturated rings. The molecule has 0 bridgehead atoms. The van der Waals surface area contributed by atoms with Crippen LogP contribution in [0.4, 0.5) is 18.4 Å². The number of benzene rings is 1. The summed E-state index contributed by atoms with van der Waals surface area (Å²) in [7, 11) is 3.16. The summed E-state index contributed by atoms with van der Waals surface area (Å²) in [6.45, 7) is 3.63. The van der Waals surface area contributed by atoms with Gasteiger partial charge in [0, 0.05) is 43.7 Å². The predicted molar refractivity (Wildman–Crippen MR) is 142 cm³/mol. The molecule has 3 atom stereocenters. The first-order chi connectivity index (χ1) is 18.3. The Kier molecular flexibility index (Phi) is 12.0. The third-order valence-corrected chi connectivity index (χ3v) is 7.78. The highest BCUT2D eigenvalue weighted by atomic mass is 19.2. The summed E-state index contributed by atoms with van der Waals surface area (Å²) < 4.78 is 40.0. The number of likely N-dealkylation sites (tertiary alicyclic amines) is 1. The lowest BCUT2D eigenvalue weighted by Gasteiger charge is -2.38. The fraction of sp³-hybridized carbons (Fsp3) is 0.714. The van der Waals surface area contributed by atoms with Crippen LogP contribution in [-0.2, 0) is 9.47 Å². The fourth-order valence-corrected chi connectivity index (χ4v) is 5.85. The molecule has 0 unspecified atom stereocenters. The first-order valence-electron chi connectivity index (χ1n) is 13.9. The average Bonchev–Trinajstić information content (AvgIpc) is 2.92. The van der Waals surface area contributed by atoms with Gasteiger partial charge in [0.1, 0.15) is 0 Å². The van der Waals surface area contributed by atoms with Crippen molar-refractivity contribution in [3.05, 3.63) is 34.9 Å². The summed E-state index contributed by atoms with van der Waals surface area (Å²) in [6.07, 6.45) is 7.26. The molecule has 1 aromatic rings. The number of amides is 3. The quantitative estimate of drug-likeness (QED) is 0.356. The maximum Gasteiger partial charge on any atom is 0.406 e. The van der Waals surface area contributed by atoms with Gasteiger partial charge in [0.05, 0.1) is 19.8 Å². The predicted octanol–water partition coefficient (Wildman–Crippen LogP) is 4.67. The molecule has 3 N–H and O–H groups in total. The van der Waals surface area contributed by atoms with Gasteiger partial charge in [-0.15, -0.1) is 0 Å². The number of ether oxygens (including phenoxy) is 2. The van der Waals surface area contributed by atoms with Crippen LogP contribution in [0.3, 0.4) is 0 Å². The van der Waals surface area contributed by atoms with Gasteiger partial charge in [-0.3, -0.25) is 0 Å². The van der Waals surface area contributed by atoms with E-state index in [4.69, 9.17) is 4.74 Å². The van der Waals surface area contributed by atoms with Gasteiger partial charge in [-0.1, -0.05) is 38.2 Å². The Balaban J connectivity index is 1.70. The van der Waals surface area contributed by atoms with Gasteiger partial charge in [0.2, 0.25) is 0 Å². The number of hydrogen-bond acceptors (Lipinski definition) is 5. The Morgan fingerprint density at radius 3 is 2.61 bits per heavy atom. The summed E-state index contributed by atoms with van der Waals surface area (Å²) in [6, 6.07) is 2.56. The second-order valence-corrected chi connectivity index (χ2v) is 10.6. The number of hydrogen-bond donors (Lipinski definition) is 3. The van der Waals surface area contributed by atoms with Gasteiger partial charge in [0.15, 0.2) is 11.6 Å². The number of alkyl carbamates (subject to hydrolysis) is 1. The number of aryl methyl sites for hydroxylation is 1. The second-order valence-electron chi connectivity index (χ2n) is 10.6. The Bertz CT molecular complexity index is 913.